The summed E-state index contributed by atoms with van der Waals surface area (Å²) in [5.41, 5.74) is 2.73. The number of rotatable bonds is 9. The van der Waals surface area contributed by atoms with Gasteiger partial charge in [0.05, 0.1) is 30.3 Å². The van der Waals surface area contributed by atoms with Gasteiger partial charge in [-0.1, -0.05) is 30.3 Å². The maximum atomic E-state index is 14.6. The lowest BCUT2D eigenvalue weighted by Crippen LogP contribution is -2.49. The van der Waals surface area contributed by atoms with Gasteiger partial charge in [0.2, 0.25) is 5.82 Å². The zero-order valence-corrected chi connectivity index (χ0v) is 25.0. The molecule has 2 heterocycles. The van der Waals surface area contributed by atoms with E-state index in [2.05, 4.69) is 42.3 Å². The molecule has 13 heteroatoms. The number of hydrogen-bond acceptors (Lipinski definition) is 9. The second-order valence-corrected chi connectivity index (χ2v) is 11.2. The predicted octanol–water partition coefficient (Wildman–Crippen LogP) is 5.38. The molecule has 0 aliphatic carbocycles. The Hall–Kier alpha value is -5.77. The van der Waals surface area contributed by atoms with Gasteiger partial charge in [0, 0.05) is 22.8 Å². The van der Waals surface area contributed by atoms with E-state index in [1.54, 1.807) is 51.1 Å². The molecule has 5 aromatic rings. The molecular weight excluding hydrogens is 579 g/mol. The number of nitrogens with zero attached hydrogens (tertiary/aromatic N) is 4. The number of anilines is 1. The first-order valence-corrected chi connectivity index (χ1v) is 14.0. The normalized spacial score (nSPS) is 12.6. The first-order chi connectivity index (χ1) is 21.6. The van der Waals surface area contributed by atoms with E-state index in [4.69, 9.17) is 9.47 Å². The molecule has 1 unspecified atom stereocenters. The zero-order chi connectivity index (χ0) is 32.1. The van der Waals surface area contributed by atoms with Crippen LogP contribution >= 0.6 is 0 Å². The van der Waals surface area contributed by atoms with Gasteiger partial charge in [-0.25, -0.2) is 14.0 Å². The van der Waals surface area contributed by atoms with E-state index in [1.807, 2.05) is 30.5 Å². The molecule has 2 atom stereocenters. The summed E-state index contributed by atoms with van der Waals surface area (Å²) in [5, 5.41) is 30.7. The van der Waals surface area contributed by atoms with Crippen molar-refractivity contribution in [2.75, 3.05) is 12.4 Å². The van der Waals surface area contributed by atoms with E-state index in [0.717, 1.165) is 16.5 Å². The van der Waals surface area contributed by atoms with Gasteiger partial charge in [-0.15, -0.1) is 10.2 Å². The van der Waals surface area contributed by atoms with Crippen molar-refractivity contribution in [2.45, 2.75) is 44.9 Å². The van der Waals surface area contributed by atoms with E-state index < -0.39 is 35.6 Å². The third-order valence-electron chi connectivity index (χ3n) is 6.98. The molecule has 2 aromatic heterocycles. The number of ether oxygens (including phenoxy) is 2. The van der Waals surface area contributed by atoms with Crippen LogP contribution in [0.4, 0.5) is 14.9 Å². The van der Waals surface area contributed by atoms with Crippen molar-refractivity contribution in [3.05, 3.63) is 83.8 Å². The minimum atomic E-state index is -1.00. The second kappa shape index (κ2) is 12.8. The molecule has 0 saturated heterocycles. The number of benzene rings is 3. The SMILES string of the molecule is COC(=O)c1cc(-c2ccc(F)c(-c3nn[nH]n3)c2)ccc1NC(C#N)[C@H](Cc1c[nH]c2ccccc12)NC(=O)OC(C)(C)C. The third-order valence-corrected chi connectivity index (χ3v) is 6.98. The van der Waals surface area contributed by atoms with Gasteiger partial charge in [-0.2, -0.15) is 10.5 Å². The number of halogens is 1. The Balaban J connectivity index is 1.49. The summed E-state index contributed by atoms with van der Waals surface area (Å²) in [6, 6.07) is 17.5. The number of fused-ring (bicyclic) bond motifs is 1. The van der Waals surface area contributed by atoms with Crippen molar-refractivity contribution in [2.24, 2.45) is 0 Å². The quantitative estimate of drug-likeness (QED) is 0.160. The number of aromatic amines is 2. The molecular formula is C32H31FN8O4. The third kappa shape index (κ3) is 7.07. The number of amides is 1. The molecule has 4 N–H and O–H groups in total. The predicted molar refractivity (Wildman–Crippen MR) is 165 cm³/mol. The van der Waals surface area contributed by atoms with E-state index in [-0.39, 0.29) is 23.4 Å². The van der Waals surface area contributed by atoms with Gasteiger partial charge in [0.1, 0.15) is 17.5 Å². The number of carbonyl (C=O) groups excluding carboxylic acids is 2. The Bertz CT molecular complexity index is 1870. The lowest BCUT2D eigenvalue weighted by molar-refractivity contribution is 0.0501. The van der Waals surface area contributed by atoms with Crippen molar-refractivity contribution in [3.63, 3.8) is 0 Å². The highest BCUT2D eigenvalue weighted by Gasteiger charge is 2.29. The lowest BCUT2D eigenvalue weighted by atomic mass is 9.97. The number of para-hydroxylation sites is 1. The van der Waals surface area contributed by atoms with Crippen LogP contribution in [-0.2, 0) is 15.9 Å². The number of aromatic nitrogens is 5. The Kier molecular flexibility index (Phi) is 8.76. The molecule has 0 spiro atoms. The van der Waals surface area contributed by atoms with Gasteiger partial charge < -0.3 is 25.1 Å². The Morgan fingerprint density at radius 2 is 1.84 bits per heavy atom. The first kappa shape index (κ1) is 30.7. The number of alkyl carbamates (subject to hydrolysis) is 1. The van der Waals surface area contributed by atoms with Crippen molar-refractivity contribution in [1.29, 1.82) is 5.26 Å². The molecule has 45 heavy (non-hydrogen) atoms. The number of nitrogens with one attached hydrogen (secondary N) is 4. The summed E-state index contributed by atoms with van der Waals surface area (Å²) in [5.74, 6) is -1.12. The summed E-state index contributed by atoms with van der Waals surface area (Å²) < 4.78 is 25.1. The second-order valence-electron chi connectivity index (χ2n) is 11.2. The van der Waals surface area contributed by atoms with Crippen LogP contribution in [-0.4, -0.2) is 62.5 Å². The molecule has 0 saturated carbocycles. The monoisotopic (exact) mass is 610 g/mol. The fourth-order valence-corrected chi connectivity index (χ4v) is 4.92. The van der Waals surface area contributed by atoms with Crippen LogP contribution in [0.1, 0.15) is 36.7 Å². The molecule has 0 aliphatic rings. The smallest absolute Gasteiger partial charge is 0.407 e. The molecule has 12 nitrogen and oxygen atoms in total. The highest BCUT2D eigenvalue weighted by Crippen LogP contribution is 2.31. The van der Waals surface area contributed by atoms with Crippen LogP contribution in [0.3, 0.4) is 0 Å². The van der Waals surface area contributed by atoms with Gasteiger partial charge in [-0.3, -0.25) is 0 Å². The minimum absolute atomic E-state index is 0.0800. The van der Waals surface area contributed by atoms with E-state index in [1.165, 1.54) is 13.2 Å². The standard InChI is InChI=1S/C32H31FN8O4/c1-32(2,3)45-31(43)37-27(15-20-17-35-25-8-6-5-7-21(20)25)28(16-34)36-26-12-10-19(14-23(26)30(42)44-4)18-9-11-24(33)22(13-18)29-38-40-41-39-29/h5-14,17,27-28,35-36H,15H2,1-4H3,(H,37,43)(H,38,39,40,41)/t27-,28?/m0/s1. The molecule has 230 valence electrons. The zero-order valence-electron chi connectivity index (χ0n) is 25.0. The van der Waals surface area contributed by atoms with Crippen molar-refractivity contribution >= 4 is 28.7 Å². The largest absolute Gasteiger partial charge is 0.465 e. The number of esters is 1. The summed E-state index contributed by atoms with van der Waals surface area (Å²) >= 11 is 0. The summed E-state index contributed by atoms with van der Waals surface area (Å²) in [7, 11) is 1.25. The van der Waals surface area contributed by atoms with Crippen LogP contribution in [0, 0.1) is 17.1 Å². The van der Waals surface area contributed by atoms with E-state index in [0.29, 0.717) is 16.8 Å². The Morgan fingerprint density at radius 3 is 2.56 bits per heavy atom. The maximum Gasteiger partial charge on any atom is 0.407 e. The number of nitriles is 1. The summed E-state index contributed by atoms with van der Waals surface area (Å²) in [6.07, 6.45) is 1.42. The summed E-state index contributed by atoms with van der Waals surface area (Å²) in [6.45, 7) is 5.24. The van der Waals surface area contributed by atoms with Crippen molar-refractivity contribution in [1.82, 2.24) is 30.9 Å². The Morgan fingerprint density at radius 1 is 1.09 bits per heavy atom. The number of hydrogen-bond donors (Lipinski definition) is 4. The topological polar surface area (TPSA) is 171 Å². The van der Waals surface area contributed by atoms with Crippen LogP contribution < -0.4 is 10.6 Å². The number of H-pyrrole nitrogens is 2. The molecule has 1 amide bonds. The van der Waals surface area contributed by atoms with E-state index in [9.17, 15) is 19.2 Å². The minimum Gasteiger partial charge on any atom is -0.465 e. The average molecular weight is 611 g/mol. The fraction of sp³-hybridized carbons (Fsp3) is 0.250. The molecule has 3 aromatic carbocycles. The van der Waals surface area contributed by atoms with Crippen LogP contribution in [0.2, 0.25) is 0 Å². The van der Waals surface area contributed by atoms with Crippen LogP contribution in [0.5, 0.6) is 0 Å². The number of carbonyl (C=O) groups is 2. The lowest BCUT2D eigenvalue weighted by Gasteiger charge is -2.27. The maximum absolute atomic E-state index is 14.6. The number of tetrazole rings is 1. The van der Waals surface area contributed by atoms with Gasteiger partial charge in [0.15, 0.2) is 0 Å². The van der Waals surface area contributed by atoms with Crippen molar-refractivity contribution < 1.29 is 23.5 Å². The highest BCUT2D eigenvalue weighted by atomic mass is 19.1. The molecule has 0 fully saturated rings. The molecule has 0 radical (unpaired) electrons. The summed E-state index contributed by atoms with van der Waals surface area (Å²) in [4.78, 5) is 29.1. The average Bonchev–Trinajstić information content (AvgIpc) is 3.69. The van der Waals surface area contributed by atoms with E-state index >= 15 is 0 Å². The highest BCUT2D eigenvalue weighted by molar-refractivity contribution is 5.97. The van der Waals surface area contributed by atoms with Gasteiger partial charge in [0.25, 0.3) is 0 Å². The molecule has 5 rings (SSSR count). The Labute approximate surface area is 257 Å². The van der Waals surface area contributed by atoms with Gasteiger partial charge >= 0.3 is 12.1 Å². The molecule has 0 aliphatic heterocycles. The first-order valence-electron chi connectivity index (χ1n) is 14.0. The fourth-order valence-electron chi connectivity index (χ4n) is 4.92. The number of methoxy groups -OCH3 is 1. The van der Waals surface area contributed by atoms with Crippen LogP contribution in [0.25, 0.3) is 33.4 Å². The van der Waals surface area contributed by atoms with Crippen molar-refractivity contribution in [3.8, 4) is 28.6 Å². The van der Waals surface area contributed by atoms with Crippen LogP contribution in [0.15, 0.2) is 66.9 Å². The molecule has 0 bridgehead atoms. The van der Waals surface area contributed by atoms with Gasteiger partial charge in [-0.05, 0) is 79.4 Å².